The molecule has 0 radical (unpaired) electrons. The number of carboxylic acid groups (broad SMARTS) is 1. The van der Waals surface area contributed by atoms with Crippen molar-refractivity contribution in [2.45, 2.75) is 231 Å². The highest BCUT2D eigenvalue weighted by molar-refractivity contribution is 7.47. The van der Waals surface area contributed by atoms with E-state index in [1.807, 2.05) is 0 Å². The molecule has 0 rings (SSSR count). The molecule has 0 saturated heterocycles. The lowest BCUT2D eigenvalue weighted by Crippen LogP contribution is -2.34. The Morgan fingerprint density at radius 3 is 1.35 bits per heavy atom. The number of carbonyl (C=O) groups is 3. The summed E-state index contributed by atoms with van der Waals surface area (Å²) in [6.45, 7) is 2.78. The maximum atomic E-state index is 12.6. The average molecular weight is 870 g/mol. The van der Waals surface area contributed by atoms with Gasteiger partial charge in [-0.2, -0.15) is 0 Å². The summed E-state index contributed by atoms with van der Waals surface area (Å²) < 4.78 is 32.8. The predicted octanol–water partition coefficient (Wildman–Crippen LogP) is 13.2. The van der Waals surface area contributed by atoms with Crippen molar-refractivity contribution in [1.82, 2.24) is 0 Å². The molecule has 4 N–H and O–H groups in total. The van der Waals surface area contributed by atoms with Crippen molar-refractivity contribution in [3.05, 3.63) is 36.5 Å². The van der Waals surface area contributed by atoms with Gasteiger partial charge in [-0.1, -0.05) is 192 Å². The molecule has 11 nitrogen and oxygen atoms in total. The summed E-state index contributed by atoms with van der Waals surface area (Å²) in [4.78, 5) is 46.1. The van der Waals surface area contributed by atoms with Crippen molar-refractivity contribution in [3.63, 3.8) is 0 Å². The summed E-state index contributed by atoms with van der Waals surface area (Å²) in [5.41, 5.74) is 5.34. The number of hydrogen-bond donors (Lipinski definition) is 3. The molecule has 0 saturated carbocycles. The van der Waals surface area contributed by atoms with E-state index in [1.54, 1.807) is 0 Å². The summed E-state index contributed by atoms with van der Waals surface area (Å²) in [7, 11) is -4.72. The highest BCUT2D eigenvalue weighted by atomic mass is 31.2. The molecule has 0 amide bonds. The fraction of sp³-hybridized carbons (Fsp3) is 0.812. The highest BCUT2D eigenvalue weighted by Crippen LogP contribution is 2.43. The standard InChI is InChI=1S/C48H88NO10P/c1-3-5-7-9-11-13-15-17-19-21-22-24-25-27-29-31-33-35-37-39-46(50)56-41-44(42-57-60(54,55)58-43-45(49)48(52)53)59-47(51)40-38-36-34-32-30-28-26-23-20-18-16-14-12-10-8-6-4-2/h12,14,18,20,26,28,44-45H,3-11,13,15-17,19,21-25,27,29-43,49H2,1-2H3,(H,52,53)(H,54,55)/b14-12+,20-18+,28-26+/t44-,45+/m1/s1. The Kier molecular flexibility index (Phi) is 41.7. The molecule has 0 bridgehead atoms. The summed E-state index contributed by atoms with van der Waals surface area (Å²) >= 11 is 0. The van der Waals surface area contributed by atoms with Crippen LogP contribution in [0, 0.1) is 0 Å². The number of esters is 2. The van der Waals surface area contributed by atoms with Crippen LogP contribution in [-0.4, -0.2) is 59.9 Å². The van der Waals surface area contributed by atoms with E-state index >= 15 is 0 Å². The first kappa shape index (κ1) is 57.7. The fourth-order valence-electron chi connectivity index (χ4n) is 6.60. The Morgan fingerprint density at radius 1 is 0.517 bits per heavy atom. The first-order valence-electron chi connectivity index (χ1n) is 24.0. The van der Waals surface area contributed by atoms with E-state index in [0.29, 0.717) is 12.8 Å². The Bertz CT molecular complexity index is 1160. The lowest BCUT2D eigenvalue weighted by Gasteiger charge is -2.20. The van der Waals surface area contributed by atoms with E-state index in [4.69, 9.17) is 24.8 Å². The van der Waals surface area contributed by atoms with Gasteiger partial charge in [-0.15, -0.1) is 0 Å². The molecule has 0 spiro atoms. The molecule has 1 unspecified atom stereocenters. The maximum absolute atomic E-state index is 12.6. The Hall–Kier alpha value is -2.30. The van der Waals surface area contributed by atoms with E-state index in [1.165, 1.54) is 116 Å². The van der Waals surface area contributed by atoms with Crippen molar-refractivity contribution in [1.29, 1.82) is 0 Å². The molecule has 0 aromatic carbocycles. The van der Waals surface area contributed by atoms with Gasteiger partial charge in [0, 0.05) is 12.8 Å². The van der Waals surface area contributed by atoms with Crippen LogP contribution in [0.25, 0.3) is 0 Å². The minimum Gasteiger partial charge on any atom is -0.480 e. The normalized spacial score (nSPS) is 13.9. The van der Waals surface area contributed by atoms with Gasteiger partial charge < -0.3 is 25.2 Å². The topological polar surface area (TPSA) is 172 Å². The third-order valence-corrected chi connectivity index (χ3v) is 11.3. The second kappa shape index (κ2) is 43.4. The van der Waals surface area contributed by atoms with Crippen LogP contribution in [0.1, 0.15) is 219 Å². The van der Waals surface area contributed by atoms with Crippen LogP contribution in [0.2, 0.25) is 0 Å². The number of nitrogens with two attached hydrogens (primary N) is 1. The van der Waals surface area contributed by atoms with Crippen molar-refractivity contribution in [2.75, 3.05) is 19.8 Å². The van der Waals surface area contributed by atoms with Crippen molar-refractivity contribution in [3.8, 4) is 0 Å². The van der Waals surface area contributed by atoms with Crippen LogP contribution in [0.15, 0.2) is 36.5 Å². The van der Waals surface area contributed by atoms with Gasteiger partial charge >= 0.3 is 25.7 Å². The summed E-state index contributed by atoms with van der Waals surface area (Å²) in [6.07, 6.45) is 47.8. The first-order valence-corrected chi connectivity index (χ1v) is 25.5. The lowest BCUT2D eigenvalue weighted by molar-refractivity contribution is -0.161. The molecule has 0 aromatic heterocycles. The van der Waals surface area contributed by atoms with Crippen molar-refractivity contribution < 1.29 is 47.5 Å². The summed E-state index contributed by atoms with van der Waals surface area (Å²) in [5.74, 6) is -2.40. The molecular formula is C48H88NO10P. The van der Waals surface area contributed by atoms with Crippen LogP contribution in [0.3, 0.4) is 0 Å². The van der Waals surface area contributed by atoms with Gasteiger partial charge in [-0.3, -0.25) is 23.4 Å². The molecule has 0 heterocycles. The van der Waals surface area contributed by atoms with Gasteiger partial charge in [0.2, 0.25) is 0 Å². The minimum absolute atomic E-state index is 0.137. The second-order valence-corrected chi connectivity index (χ2v) is 17.7. The van der Waals surface area contributed by atoms with Crippen molar-refractivity contribution >= 4 is 25.7 Å². The quantitative estimate of drug-likeness (QED) is 0.0230. The van der Waals surface area contributed by atoms with Crippen LogP contribution in [0.4, 0.5) is 0 Å². The minimum atomic E-state index is -4.72. The van der Waals surface area contributed by atoms with Gasteiger partial charge in [0.1, 0.15) is 12.6 Å². The van der Waals surface area contributed by atoms with Crippen LogP contribution in [-0.2, 0) is 37.5 Å². The number of aliphatic carboxylic acids is 1. The number of phosphoric ester groups is 1. The zero-order valence-corrected chi connectivity index (χ0v) is 38.9. The zero-order valence-electron chi connectivity index (χ0n) is 38.1. The van der Waals surface area contributed by atoms with Gasteiger partial charge in [0.15, 0.2) is 6.10 Å². The van der Waals surface area contributed by atoms with E-state index in [2.05, 4.69) is 54.8 Å². The smallest absolute Gasteiger partial charge is 0.472 e. The zero-order chi connectivity index (χ0) is 44.2. The predicted molar refractivity (Wildman–Crippen MR) is 245 cm³/mol. The molecule has 12 heteroatoms. The molecule has 0 aliphatic rings. The number of carbonyl (C=O) groups excluding carboxylic acids is 2. The van der Waals surface area contributed by atoms with Crippen LogP contribution < -0.4 is 5.73 Å². The molecule has 0 aliphatic heterocycles. The number of unbranched alkanes of at least 4 members (excludes halogenated alkanes) is 25. The van der Waals surface area contributed by atoms with Crippen molar-refractivity contribution in [2.24, 2.45) is 5.73 Å². The SMILES string of the molecule is CCCCC/C=C/C/C=C/C/C=C/CCCCCCC(=O)O[C@H](COC(=O)CCCCCCCCCCCCCCCCCCCCC)COP(=O)(O)OC[C@H](N)C(=O)O. The monoisotopic (exact) mass is 870 g/mol. The number of carboxylic acids is 1. The average Bonchev–Trinajstić information content (AvgIpc) is 3.22. The highest BCUT2D eigenvalue weighted by Gasteiger charge is 2.28. The van der Waals surface area contributed by atoms with Gasteiger partial charge in [-0.05, 0) is 51.4 Å². The molecule has 0 aromatic rings. The van der Waals surface area contributed by atoms with Gasteiger partial charge in [0.25, 0.3) is 0 Å². The molecule has 350 valence electrons. The molecule has 0 aliphatic carbocycles. The van der Waals surface area contributed by atoms with E-state index in [9.17, 15) is 23.8 Å². The molecule has 0 fully saturated rings. The summed E-state index contributed by atoms with van der Waals surface area (Å²) in [6, 6.07) is -1.52. The maximum Gasteiger partial charge on any atom is 0.472 e. The number of phosphoric acid groups is 1. The van der Waals surface area contributed by atoms with Crippen LogP contribution in [0.5, 0.6) is 0 Å². The first-order chi connectivity index (χ1) is 29.1. The second-order valence-electron chi connectivity index (χ2n) is 16.2. The lowest BCUT2D eigenvalue weighted by atomic mass is 10.0. The summed E-state index contributed by atoms with van der Waals surface area (Å²) in [5, 5.41) is 8.90. The van der Waals surface area contributed by atoms with Gasteiger partial charge in [0.05, 0.1) is 13.2 Å². The third-order valence-electron chi connectivity index (χ3n) is 10.4. The Balaban J connectivity index is 4.31. The van der Waals surface area contributed by atoms with E-state index in [0.717, 1.165) is 64.2 Å². The largest absolute Gasteiger partial charge is 0.480 e. The number of ether oxygens (including phenoxy) is 2. The Morgan fingerprint density at radius 2 is 0.883 bits per heavy atom. The molecular weight excluding hydrogens is 781 g/mol. The van der Waals surface area contributed by atoms with E-state index < -0.39 is 51.1 Å². The number of hydrogen-bond acceptors (Lipinski definition) is 9. The Labute approximate surface area is 365 Å². The van der Waals surface area contributed by atoms with Gasteiger partial charge in [-0.25, -0.2) is 4.57 Å². The fourth-order valence-corrected chi connectivity index (χ4v) is 7.38. The number of allylic oxidation sites excluding steroid dienone is 6. The van der Waals surface area contributed by atoms with E-state index in [-0.39, 0.29) is 19.4 Å². The third kappa shape index (κ3) is 42.4. The number of rotatable bonds is 45. The molecule has 3 atom stereocenters. The van der Waals surface area contributed by atoms with Crippen LogP contribution >= 0.6 is 7.82 Å². The molecule has 60 heavy (non-hydrogen) atoms.